The van der Waals surface area contributed by atoms with E-state index in [1.165, 1.54) is 0 Å². The zero-order valence-corrected chi connectivity index (χ0v) is 9.61. The number of hydrogen-bond acceptors (Lipinski definition) is 4. The number of ether oxygens (including phenoxy) is 1. The molecule has 0 atom stereocenters. The molecule has 0 aromatic carbocycles. The molecule has 1 aromatic heterocycles. The molecular weight excluding hydrogens is 264 g/mol. The smallest absolute Gasteiger partial charge is 0.404 e. The van der Waals surface area contributed by atoms with Crippen LogP contribution in [0.4, 0.5) is 4.79 Å². The van der Waals surface area contributed by atoms with E-state index in [9.17, 15) is 4.79 Å². The summed E-state index contributed by atoms with van der Waals surface area (Å²) in [4.78, 5) is 12.1. The number of carbonyl (C=O) groups excluding carboxylic acids is 1. The Hall–Kier alpha value is -1.11. The van der Waals surface area contributed by atoms with E-state index in [4.69, 9.17) is 5.73 Å². The number of nitrogens with two attached hydrogens (primary N) is 1. The molecule has 2 rings (SSSR count). The van der Waals surface area contributed by atoms with Gasteiger partial charge in [0.05, 0.1) is 12.6 Å². The molecule has 15 heavy (non-hydrogen) atoms. The molecule has 1 heterocycles. The van der Waals surface area contributed by atoms with Crippen LogP contribution in [-0.4, -0.2) is 27.7 Å². The third-order valence-corrected chi connectivity index (χ3v) is 2.72. The highest BCUT2D eigenvalue weighted by Gasteiger charge is 2.26. The topological polar surface area (TPSA) is 83.0 Å². The molecule has 1 saturated carbocycles. The molecule has 1 amide bonds. The Morgan fingerprint density at radius 3 is 2.93 bits per heavy atom. The Morgan fingerprint density at radius 1 is 1.60 bits per heavy atom. The van der Waals surface area contributed by atoms with Gasteiger partial charge < -0.3 is 10.5 Å². The molecule has 0 saturated heterocycles. The molecular formula is C8H11BrN4O2. The van der Waals surface area contributed by atoms with Gasteiger partial charge in [-0.3, -0.25) is 0 Å². The highest BCUT2D eigenvalue weighted by Crippen LogP contribution is 2.34. The molecule has 0 unspecified atom stereocenters. The molecule has 0 bridgehead atoms. The number of nitrogens with zero attached hydrogens (tertiary/aromatic N) is 3. The van der Waals surface area contributed by atoms with E-state index in [0.717, 1.165) is 18.5 Å². The minimum Gasteiger partial charge on any atom is -0.449 e. The summed E-state index contributed by atoms with van der Waals surface area (Å²) in [5.74, 6) is 0. The van der Waals surface area contributed by atoms with Crippen LogP contribution in [0, 0.1) is 0 Å². The fraction of sp³-hybridized carbons (Fsp3) is 0.625. The second-order valence-electron chi connectivity index (χ2n) is 3.41. The molecule has 82 valence electrons. The summed E-state index contributed by atoms with van der Waals surface area (Å²) in [5.41, 5.74) is 5.64. The number of rotatable bonds is 4. The Bertz CT molecular complexity index is 375. The van der Waals surface area contributed by atoms with Crippen molar-refractivity contribution in [2.45, 2.75) is 25.3 Å². The molecule has 2 N–H and O–H groups in total. The number of amides is 1. The first-order valence-corrected chi connectivity index (χ1v) is 5.49. The summed E-state index contributed by atoms with van der Waals surface area (Å²) >= 11 is 3.31. The van der Waals surface area contributed by atoms with Gasteiger partial charge in [-0.25, -0.2) is 4.79 Å². The van der Waals surface area contributed by atoms with Gasteiger partial charge in [0.25, 0.3) is 0 Å². The van der Waals surface area contributed by atoms with Crippen molar-refractivity contribution in [1.29, 1.82) is 0 Å². The summed E-state index contributed by atoms with van der Waals surface area (Å²) in [7, 11) is 0. The maximum absolute atomic E-state index is 10.3. The number of primary amides is 1. The van der Waals surface area contributed by atoms with Gasteiger partial charge in [-0.15, -0.1) is 5.10 Å². The first kappa shape index (κ1) is 10.4. The monoisotopic (exact) mass is 274 g/mol. The largest absolute Gasteiger partial charge is 0.449 e. The zero-order chi connectivity index (χ0) is 10.8. The predicted molar refractivity (Wildman–Crippen MR) is 55.2 cm³/mol. The van der Waals surface area contributed by atoms with Gasteiger partial charge >= 0.3 is 6.09 Å². The zero-order valence-electron chi connectivity index (χ0n) is 8.02. The lowest BCUT2D eigenvalue weighted by Gasteiger charge is -1.98. The summed E-state index contributed by atoms with van der Waals surface area (Å²) in [6, 6.07) is 0.451. The summed E-state index contributed by atoms with van der Waals surface area (Å²) in [5, 5.41) is 8.52. The Morgan fingerprint density at radius 2 is 2.33 bits per heavy atom. The Kier molecular flexibility index (Phi) is 2.90. The molecule has 0 radical (unpaired) electrons. The second kappa shape index (κ2) is 4.18. The average molecular weight is 275 g/mol. The fourth-order valence-electron chi connectivity index (χ4n) is 1.21. The van der Waals surface area contributed by atoms with Crippen molar-refractivity contribution in [1.82, 2.24) is 15.0 Å². The van der Waals surface area contributed by atoms with Crippen LogP contribution in [0.5, 0.6) is 0 Å². The molecule has 6 nitrogen and oxygen atoms in total. The molecule has 1 aromatic rings. The van der Waals surface area contributed by atoms with Crippen LogP contribution in [0.2, 0.25) is 0 Å². The summed E-state index contributed by atoms with van der Waals surface area (Å²) < 4.78 is 5.34. The van der Waals surface area contributed by atoms with Gasteiger partial charge in [0.1, 0.15) is 5.69 Å². The van der Waals surface area contributed by atoms with Crippen molar-refractivity contribution in [2.24, 2.45) is 5.73 Å². The van der Waals surface area contributed by atoms with Crippen LogP contribution in [-0.2, 0) is 11.2 Å². The minimum absolute atomic E-state index is 0.233. The molecule has 7 heteroatoms. The lowest BCUT2D eigenvalue weighted by Crippen LogP contribution is -2.15. The van der Waals surface area contributed by atoms with Crippen LogP contribution in [0.25, 0.3) is 0 Å². The van der Waals surface area contributed by atoms with Crippen molar-refractivity contribution in [2.75, 3.05) is 6.61 Å². The number of halogens is 1. The summed E-state index contributed by atoms with van der Waals surface area (Å²) in [6.07, 6.45) is 2.04. The molecule has 0 spiro atoms. The van der Waals surface area contributed by atoms with Gasteiger partial charge in [-0.2, -0.15) is 9.90 Å². The van der Waals surface area contributed by atoms with Gasteiger partial charge in [0, 0.05) is 6.42 Å². The quantitative estimate of drug-likeness (QED) is 0.889. The van der Waals surface area contributed by atoms with Crippen molar-refractivity contribution < 1.29 is 9.53 Å². The van der Waals surface area contributed by atoms with E-state index in [1.807, 2.05) is 0 Å². The van der Waals surface area contributed by atoms with Gasteiger partial charge in [-0.05, 0) is 28.8 Å². The molecule has 1 aliphatic rings. The predicted octanol–water partition coefficient (Wildman–Crippen LogP) is 1.01. The van der Waals surface area contributed by atoms with E-state index in [-0.39, 0.29) is 6.61 Å². The van der Waals surface area contributed by atoms with Crippen LogP contribution >= 0.6 is 15.9 Å². The van der Waals surface area contributed by atoms with Gasteiger partial charge in [0.2, 0.25) is 0 Å². The number of hydrogen-bond donors (Lipinski definition) is 1. The maximum atomic E-state index is 10.3. The van der Waals surface area contributed by atoms with Crippen molar-refractivity contribution >= 4 is 22.0 Å². The fourth-order valence-corrected chi connectivity index (χ4v) is 1.65. The third kappa shape index (κ3) is 2.68. The number of aromatic nitrogens is 3. The van der Waals surface area contributed by atoms with Crippen LogP contribution in [0.1, 0.15) is 24.6 Å². The molecule has 1 fully saturated rings. The van der Waals surface area contributed by atoms with E-state index >= 15 is 0 Å². The van der Waals surface area contributed by atoms with Crippen molar-refractivity contribution in [3.8, 4) is 0 Å². The van der Waals surface area contributed by atoms with E-state index in [2.05, 4.69) is 30.9 Å². The molecule has 0 aliphatic heterocycles. The van der Waals surface area contributed by atoms with Crippen molar-refractivity contribution in [3.05, 3.63) is 10.3 Å². The lowest BCUT2D eigenvalue weighted by atomic mass is 10.3. The Balaban J connectivity index is 1.92. The Labute approximate surface area is 94.9 Å². The highest BCUT2D eigenvalue weighted by molar-refractivity contribution is 9.10. The average Bonchev–Trinajstić information content (AvgIpc) is 2.93. The van der Waals surface area contributed by atoms with Gasteiger partial charge in [0.15, 0.2) is 4.60 Å². The SMILES string of the molecule is NC(=O)OCCc1nn(C2CC2)nc1Br. The highest BCUT2D eigenvalue weighted by atomic mass is 79.9. The standard InChI is InChI=1S/C8H11BrN4O2/c9-7-6(3-4-15-8(10)14)11-13(12-7)5-1-2-5/h5H,1-4H2,(H2,10,14). The van der Waals surface area contributed by atoms with E-state index in [0.29, 0.717) is 17.1 Å². The molecule has 1 aliphatic carbocycles. The van der Waals surface area contributed by atoms with Crippen LogP contribution in [0.3, 0.4) is 0 Å². The first-order valence-electron chi connectivity index (χ1n) is 4.70. The van der Waals surface area contributed by atoms with Gasteiger partial charge in [-0.1, -0.05) is 0 Å². The lowest BCUT2D eigenvalue weighted by molar-refractivity contribution is 0.158. The van der Waals surface area contributed by atoms with Crippen LogP contribution in [0.15, 0.2) is 4.60 Å². The van der Waals surface area contributed by atoms with Crippen LogP contribution < -0.4 is 5.73 Å². The summed E-state index contributed by atoms with van der Waals surface area (Å²) in [6.45, 7) is 0.233. The van der Waals surface area contributed by atoms with Crippen molar-refractivity contribution in [3.63, 3.8) is 0 Å². The maximum Gasteiger partial charge on any atom is 0.404 e. The van der Waals surface area contributed by atoms with E-state index in [1.54, 1.807) is 4.80 Å². The second-order valence-corrected chi connectivity index (χ2v) is 4.16. The minimum atomic E-state index is -0.763. The first-order chi connectivity index (χ1) is 7.16. The van der Waals surface area contributed by atoms with E-state index < -0.39 is 6.09 Å². The normalized spacial score (nSPS) is 15.3. The number of carbonyl (C=O) groups is 1. The third-order valence-electron chi connectivity index (χ3n) is 2.11.